The van der Waals surface area contributed by atoms with Crippen LogP contribution in [0.15, 0.2) is 53.5 Å². The van der Waals surface area contributed by atoms with Crippen molar-refractivity contribution in [3.05, 3.63) is 65.2 Å². The summed E-state index contributed by atoms with van der Waals surface area (Å²) in [6, 6.07) is 14.1. The molecule has 0 bridgehead atoms. The highest BCUT2D eigenvalue weighted by molar-refractivity contribution is 6.54. The molecule has 4 heteroatoms. The minimum absolute atomic E-state index is 0.119. The van der Waals surface area contributed by atoms with Gasteiger partial charge in [0.1, 0.15) is 5.71 Å². The van der Waals surface area contributed by atoms with Crippen molar-refractivity contribution in [3.8, 4) is 0 Å². The Morgan fingerprint density at radius 3 is 2.62 bits per heavy atom. The Morgan fingerprint density at radius 1 is 1.14 bits per heavy atom. The van der Waals surface area contributed by atoms with E-state index in [0.717, 1.165) is 5.56 Å². The van der Waals surface area contributed by atoms with Gasteiger partial charge >= 0.3 is 5.97 Å². The number of hydrogen-bond acceptors (Lipinski definition) is 4. The van der Waals surface area contributed by atoms with Gasteiger partial charge in [0.05, 0.1) is 17.9 Å². The third kappa shape index (κ3) is 2.36. The van der Waals surface area contributed by atoms with Crippen LogP contribution in [0.25, 0.3) is 0 Å². The van der Waals surface area contributed by atoms with E-state index in [1.54, 1.807) is 25.1 Å². The van der Waals surface area contributed by atoms with Crippen LogP contribution in [0.5, 0.6) is 0 Å². The Hall–Kier alpha value is -2.75. The van der Waals surface area contributed by atoms with Gasteiger partial charge in [-0.3, -0.25) is 4.79 Å². The van der Waals surface area contributed by atoms with Gasteiger partial charge in [-0.05, 0) is 25.1 Å². The number of carbonyl (C=O) groups is 2. The van der Waals surface area contributed by atoms with Crippen LogP contribution in [0, 0.1) is 0 Å². The summed E-state index contributed by atoms with van der Waals surface area (Å²) in [6.45, 7) is 2.06. The van der Waals surface area contributed by atoms with Crippen LogP contribution in [-0.2, 0) is 4.74 Å². The Morgan fingerprint density at radius 2 is 1.90 bits per heavy atom. The smallest absolute Gasteiger partial charge is 0.338 e. The standard InChI is InChI=1S/C17H13NO3/c1-2-21-17(20)12-8-9-13-14(10-12)18-15(16(13)19)11-6-4-3-5-7-11/h3-10H,2H2,1H3. The number of carbonyl (C=O) groups excluding carboxylic acids is 2. The molecule has 0 radical (unpaired) electrons. The molecular formula is C17H13NO3. The third-order valence-corrected chi connectivity index (χ3v) is 3.25. The van der Waals surface area contributed by atoms with Crippen molar-refractivity contribution in [1.29, 1.82) is 0 Å². The minimum atomic E-state index is -0.406. The number of ketones is 1. The normalized spacial score (nSPS) is 12.8. The van der Waals surface area contributed by atoms with Crippen molar-refractivity contribution in [1.82, 2.24) is 0 Å². The van der Waals surface area contributed by atoms with Crippen LogP contribution in [-0.4, -0.2) is 24.1 Å². The monoisotopic (exact) mass is 279 g/mol. The van der Waals surface area contributed by atoms with E-state index in [-0.39, 0.29) is 5.78 Å². The minimum Gasteiger partial charge on any atom is -0.462 e. The molecule has 0 aromatic heterocycles. The van der Waals surface area contributed by atoms with Gasteiger partial charge in [-0.1, -0.05) is 30.3 Å². The fourth-order valence-corrected chi connectivity index (χ4v) is 2.25. The lowest BCUT2D eigenvalue weighted by Gasteiger charge is -2.02. The largest absolute Gasteiger partial charge is 0.462 e. The maximum Gasteiger partial charge on any atom is 0.338 e. The molecular weight excluding hydrogens is 266 g/mol. The molecule has 2 aromatic rings. The fourth-order valence-electron chi connectivity index (χ4n) is 2.25. The molecule has 0 amide bonds. The molecule has 0 fully saturated rings. The van der Waals surface area contributed by atoms with Gasteiger partial charge in [0.15, 0.2) is 0 Å². The van der Waals surface area contributed by atoms with Crippen LogP contribution < -0.4 is 0 Å². The first-order valence-electron chi connectivity index (χ1n) is 6.70. The van der Waals surface area contributed by atoms with E-state index in [1.165, 1.54) is 0 Å². The SMILES string of the molecule is CCOC(=O)c1ccc2c(c1)N=C(c1ccccc1)C2=O. The first-order chi connectivity index (χ1) is 10.2. The topological polar surface area (TPSA) is 55.7 Å². The highest BCUT2D eigenvalue weighted by atomic mass is 16.5. The maximum atomic E-state index is 12.4. The second-order valence-electron chi connectivity index (χ2n) is 4.61. The number of esters is 1. The molecule has 3 rings (SSSR count). The number of rotatable bonds is 3. The summed E-state index contributed by atoms with van der Waals surface area (Å²) in [5.74, 6) is -0.525. The number of benzene rings is 2. The molecule has 0 spiro atoms. The molecule has 0 atom stereocenters. The zero-order valence-electron chi connectivity index (χ0n) is 11.5. The molecule has 1 aliphatic heterocycles. The quantitative estimate of drug-likeness (QED) is 0.811. The first kappa shape index (κ1) is 13.2. The molecule has 0 saturated carbocycles. The Bertz CT molecular complexity index is 748. The van der Waals surface area contributed by atoms with Gasteiger partial charge in [-0.15, -0.1) is 0 Å². The Kier molecular flexibility index (Phi) is 3.36. The summed E-state index contributed by atoms with van der Waals surface area (Å²) in [5.41, 5.74) is 2.62. The molecule has 104 valence electrons. The molecule has 0 unspecified atom stereocenters. The third-order valence-electron chi connectivity index (χ3n) is 3.25. The van der Waals surface area contributed by atoms with Crippen molar-refractivity contribution in [3.63, 3.8) is 0 Å². The highest BCUT2D eigenvalue weighted by Gasteiger charge is 2.26. The van der Waals surface area contributed by atoms with Crippen molar-refractivity contribution in [2.24, 2.45) is 4.99 Å². The first-order valence-corrected chi connectivity index (χ1v) is 6.70. The van der Waals surface area contributed by atoms with Crippen LogP contribution in [0.1, 0.15) is 33.2 Å². The zero-order valence-corrected chi connectivity index (χ0v) is 11.5. The van der Waals surface area contributed by atoms with Crippen molar-refractivity contribution < 1.29 is 14.3 Å². The van der Waals surface area contributed by atoms with Crippen molar-refractivity contribution in [2.75, 3.05) is 6.61 Å². The average molecular weight is 279 g/mol. The van der Waals surface area contributed by atoms with E-state index < -0.39 is 5.97 Å². The summed E-state index contributed by atoms with van der Waals surface area (Å²) in [6.07, 6.45) is 0. The number of aliphatic imine (C=N–C) groups is 1. The molecule has 0 aliphatic carbocycles. The molecule has 0 saturated heterocycles. The van der Waals surface area contributed by atoms with Crippen molar-refractivity contribution >= 4 is 23.2 Å². The van der Waals surface area contributed by atoms with Gasteiger partial charge in [0.2, 0.25) is 5.78 Å². The number of ether oxygens (including phenoxy) is 1. The molecule has 1 aliphatic rings. The zero-order chi connectivity index (χ0) is 14.8. The van der Waals surface area contributed by atoms with Gasteiger partial charge in [-0.25, -0.2) is 9.79 Å². The molecule has 1 heterocycles. The van der Waals surface area contributed by atoms with Gasteiger partial charge in [0.25, 0.3) is 0 Å². The van der Waals surface area contributed by atoms with Gasteiger partial charge < -0.3 is 4.74 Å². The Balaban J connectivity index is 2.00. The highest BCUT2D eigenvalue weighted by Crippen LogP contribution is 2.30. The number of nitrogens with zero attached hydrogens (tertiary/aromatic N) is 1. The maximum absolute atomic E-state index is 12.4. The van der Waals surface area contributed by atoms with Gasteiger partial charge in [-0.2, -0.15) is 0 Å². The predicted molar refractivity (Wildman–Crippen MR) is 79.4 cm³/mol. The van der Waals surface area contributed by atoms with E-state index in [4.69, 9.17) is 4.74 Å². The van der Waals surface area contributed by atoms with Crippen LogP contribution in [0.4, 0.5) is 5.69 Å². The van der Waals surface area contributed by atoms with Crippen LogP contribution >= 0.6 is 0 Å². The number of hydrogen-bond donors (Lipinski definition) is 0. The van der Waals surface area contributed by atoms with Gasteiger partial charge in [0, 0.05) is 11.1 Å². The summed E-state index contributed by atoms with van der Waals surface area (Å²) in [7, 11) is 0. The van der Waals surface area contributed by atoms with E-state index in [1.807, 2.05) is 30.3 Å². The molecule has 0 N–H and O–H groups in total. The van der Waals surface area contributed by atoms with Crippen LogP contribution in [0.3, 0.4) is 0 Å². The summed E-state index contributed by atoms with van der Waals surface area (Å²) < 4.78 is 4.95. The van der Waals surface area contributed by atoms with Crippen molar-refractivity contribution in [2.45, 2.75) is 6.92 Å². The second-order valence-corrected chi connectivity index (χ2v) is 4.61. The molecule has 4 nitrogen and oxygen atoms in total. The lowest BCUT2D eigenvalue weighted by Crippen LogP contribution is -2.11. The molecule has 2 aromatic carbocycles. The summed E-state index contributed by atoms with van der Waals surface area (Å²) >= 11 is 0. The average Bonchev–Trinajstić information content (AvgIpc) is 2.85. The second kappa shape index (κ2) is 5.32. The Labute approximate surface area is 122 Å². The summed E-state index contributed by atoms with van der Waals surface area (Å²) in [5, 5.41) is 0. The number of fused-ring (bicyclic) bond motifs is 1. The predicted octanol–water partition coefficient (Wildman–Crippen LogP) is 3.18. The fraction of sp³-hybridized carbons (Fsp3) is 0.118. The summed E-state index contributed by atoms with van der Waals surface area (Å²) in [4.78, 5) is 28.4. The lowest BCUT2D eigenvalue weighted by atomic mass is 10.0. The number of Topliss-reactive ketones (excluding diaryl/α,β-unsaturated/α-hetero) is 1. The van der Waals surface area contributed by atoms with E-state index in [9.17, 15) is 9.59 Å². The molecule has 21 heavy (non-hydrogen) atoms. The van der Waals surface area contributed by atoms with E-state index >= 15 is 0 Å². The van der Waals surface area contributed by atoms with Crippen LogP contribution in [0.2, 0.25) is 0 Å². The van der Waals surface area contributed by atoms with E-state index in [2.05, 4.69) is 4.99 Å². The lowest BCUT2D eigenvalue weighted by molar-refractivity contribution is 0.0526. The van der Waals surface area contributed by atoms with E-state index in [0.29, 0.717) is 29.1 Å².